The first-order valence-corrected chi connectivity index (χ1v) is 5.38. The molecule has 0 aromatic heterocycles. The molecule has 0 aliphatic heterocycles. The Labute approximate surface area is 95.4 Å². The van der Waals surface area contributed by atoms with Gasteiger partial charge in [-0.3, -0.25) is 9.59 Å². The second-order valence-corrected chi connectivity index (χ2v) is 4.80. The zero-order chi connectivity index (χ0) is 12.3. The van der Waals surface area contributed by atoms with E-state index in [9.17, 15) is 9.59 Å². The van der Waals surface area contributed by atoms with Gasteiger partial charge >= 0.3 is 5.97 Å². The van der Waals surface area contributed by atoms with E-state index in [1.807, 2.05) is 0 Å². The lowest BCUT2D eigenvalue weighted by molar-refractivity contribution is -0.141. The summed E-state index contributed by atoms with van der Waals surface area (Å²) >= 11 is 0. The molecule has 2 atom stereocenters. The number of carbonyl (C=O) groups is 2. The standard InChI is InChI=1S/C12H17NO3/c1-4-12(2,3)13-10(14)8-5-6-9(7-8)11(15)16/h1,8-9H,5-7H2,2-3H3,(H,13,14)(H,15,16)/t8-,9+/m1/s1. The van der Waals surface area contributed by atoms with Crippen molar-refractivity contribution in [3.8, 4) is 12.3 Å². The van der Waals surface area contributed by atoms with E-state index in [1.54, 1.807) is 13.8 Å². The zero-order valence-corrected chi connectivity index (χ0v) is 9.62. The highest BCUT2D eigenvalue weighted by Crippen LogP contribution is 2.31. The fraction of sp³-hybridized carbons (Fsp3) is 0.667. The van der Waals surface area contributed by atoms with Crippen LogP contribution >= 0.6 is 0 Å². The van der Waals surface area contributed by atoms with E-state index in [4.69, 9.17) is 11.5 Å². The summed E-state index contributed by atoms with van der Waals surface area (Å²) in [5, 5.41) is 11.6. The third-order valence-electron chi connectivity index (χ3n) is 2.95. The second kappa shape index (κ2) is 4.56. The lowest BCUT2D eigenvalue weighted by Gasteiger charge is -2.22. The predicted octanol–water partition coefficient (Wildman–Crippen LogP) is 1.02. The summed E-state index contributed by atoms with van der Waals surface area (Å²) in [7, 11) is 0. The molecule has 0 unspecified atom stereocenters. The molecule has 1 rings (SSSR count). The van der Waals surface area contributed by atoms with Crippen molar-refractivity contribution in [3.05, 3.63) is 0 Å². The Balaban J connectivity index is 2.53. The number of terminal acetylenes is 1. The molecule has 1 amide bonds. The Bertz CT molecular complexity index is 341. The molecule has 4 heteroatoms. The molecule has 0 aromatic carbocycles. The highest BCUT2D eigenvalue weighted by Gasteiger charge is 2.35. The molecule has 1 saturated carbocycles. The number of amides is 1. The first-order chi connectivity index (χ1) is 7.35. The first-order valence-electron chi connectivity index (χ1n) is 5.38. The van der Waals surface area contributed by atoms with Crippen molar-refractivity contribution in [1.82, 2.24) is 5.32 Å². The predicted molar refractivity (Wildman–Crippen MR) is 59.5 cm³/mol. The molecular formula is C12H17NO3. The van der Waals surface area contributed by atoms with Crippen LogP contribution in [0.25, 0.3) is 0 Å². The van der Waals surface area contributed by atoms with E-state index >= 15 is 0 Å². The van der Waals surface area contributed by atoms with E-state index in [1.165, 1.54) is 0 Å². The lowest BCUT2D eigenvalue weighted by atomic mass is 10.0. The number of carboxylic acid groups (broad SMARTS) is 1. The van der Waals surface area contributed by atoms with E-state index in [2.05, 4.69) is 11.2 Å². The Morgan fingerprint density at radius 1 is 1.38 bits per heavy atom. The van der Waals surface area contributed by atoms with Crippen molar-refractivity contribution >= 4 is 11.9 Å². The molecule has 0 heterocycles. The number of rotatable bonds is 3. The molecule has 4 nitrogen and oxygen atoms in total. The summed E-state index contributed by atoms with van der Waals surface area (Å²) in [6.07, 6.45) is 6.89. The van der Waals surface area contributed by atoms with Crippen molar-refractivity contribution in [2.24, 2.45) is 11.8 Å². The van der Waals surface area contributed by atoms with Crippen molar-refractivity contribution in [1.29, 1.82) is 0 Å². The van der Waals surface area contributed by atoms with Crippen LogP contribution in [0.4, 0.5) is 0 Å². The molecule has 0 bridgehead atoms. The first kappa shape index (κ1) is 12.6. The molecule has 0 aromatic rings. The van der Waals surface area contributed by atoms with Crippen LogP contribution in [0.3, 0.4) is 0 Å². The van der Waals surface area contributed by atoms with Gasteiger partial charge in [0.05, 0.1) is 11.5 Å². The van der Waals surface area contributed by atoms with Gasteiger partial charge in [-0.15, -0.1) is 6.42 Å². The maximum absolute atomic E-state index is 11.8. The molecule has 16 heavy (non-hydrogen) atoms. The minimum Gasteiger partial charge on any atom is -0.481 e. The van der Waals surface area contributed by atoms with Crippen LogP contribution in [-0.4, -0.2) is 22.5 Å². The zero-order valence-electron chi connectivity index (χ0n) is 9.62. The molecule has 0 saturated heterocycles. The van der Waals surface area contributed by atoms with E-state index in [0.717, 1.165) is 0 Å². The summed E-state index contributed by atoms with van der Waals surface area (Å²) < 4.78 is 0. The average molecular weight is 223 g/mol. The molecule has 1 aliphatic carbocycles. The number of carboxylic acids is 1. The Kier molecular flexibility index (Phi) is 3.58. The van der Waals surface area contributed by atoms with Gasteiger partial charge in [-0.25, -0.2) is 0 Å². The molecule has 1 aliphatic rings. The number of aliphatic carboxylic acids is 1. The fourth-order valence-corrected chi connectivity index (χ4v) is 1.89. The molecular weight excluding hydrogens is 206 g/mol. The van der Waals surface area contributed by atoms with Crippen LogP contribution in [0.5, 0.6) is 0 Å². The largest absolute Gasteiger partial charge is 0.481 e. The number of carbonyl (C=O) groups excluding carboxylic acids is 1. The van der Waals surface area contributed by atoms with Crippen molar-refractivity contribution in [2.75, 3.05) is 0 Å². The molecule has 0 radical (unpaired) electrons. The number of hydrogen-bond acceptors (Lipinski definition) is 2. The van der Waals surface area contributed by atoms with Crippen LogP contribution in [0.15, 0.2) is 0 Å². The number of nitrogens with one attached hydrogen (secondary N) is 1. The summed E-state index contributed by atoms with van der Waals surface area (Å²) in [5.41, 5.74) is -0.668. The van der Waals surface area contributed by atoms with Gasteiger partial charge in [0.15, 0.2) is 0 Å². The van der Waals surface area contributed by atoms with Gasteiger partial charge in [0.25, 0.3) is 0 Å². The molecule has 2 N–H and O–H groups in total. The van der Waals surface area contributed by atoms with Gasteiger partial charge in [0.2, 0.25) is 5.91 Å². The van der Waals surface area contributed by atoms with Crippen LogP contribution < -0.4 is 5.32 Å². The van der Waals surface area contributed by atoms with Gasteiger partial charge < -0.3 is 10.4 Å². The average Bonchev–Trinajstić information content (AvgIpc) is 2.66. The SMILES string of the molecule is C#CC(C)(C)NC(=O)[C@@H]1CC[C@H](C(=O)O)C1. The van der Waals surface area contributed by atoms with Crippen molar-refractivity contribution in [3.63, 3.8) is 0 Å². The Hall–Kier alpha value is -1.50. The topological polar surface area (TPSA) is 66.4 Å². The third kappa shape index (κ3) is 2.99. The minimum atomic E-state index is -0.813. The maximum Gasteiger partial charge on any atom is 0.306 e. The smallest absolute Gasteiger partial charge is 0.306 e. The Morgan fingerprint density at radius 3 is 2.38 bits per heavy atom. The van der Waals surface area contributed by atoms with Crippen LogP contribution in [0.1, 0.15) is 33.1 Å². The summed E-state index contributed by atoms with van der Waals surface area (Å²) in [6.45, 7) is 3.49. The lowest BCUT2D eigenvalue weighted by Crippen LogP contribution is -2.44. The monoisotopic (exact) mass is 223 g/mol. The Morgan fingerprint density at radius 2 is 1.94 bits per heavy atom. The van der Waals surface area contributed by atoms with Gasteiger partial charge in [-0.05, 0) is 33.1 Å². The quantitative estimate of drug-likeness (QED) is 0.702. The molecule has 88 valence electrons. The summed E-state index contributed by atoms with van der Waals surface area (Å²) in [4.78, 5) is 22.5. The van der Waals surface area contributed by atoms with E-state index in [-0.39, 0.29) is 17.7 Å². The second-order valence-electron chi connectivity index (χ2n) is 4.80. The molecule has 0 spiro atoms. The minimum absolute atomic E-state index is 0.133. The van der Waals surface area contributed by atoms with Crippen LogP contribution in [-0.2, 0) is 9.59 Å². The summed E-state index contributed by atoms with van der Waals surface area (Å²) in [6, 6.07) is 0. The number of hydrogen-bond donors (Lipinski definition) is 2. The normalized spacial score (nSPS) is 24.8. The summed E-state index contributed by atoms with van der Waals surface area (Å²) in [5.74, 6) is 0.937. The van der Waals surface area contributed by atoms with Gasteiger partial charge in [-0.1, -0.05) is 5.92 Å². The van der Waals surface area contributed by atoms with Gasteiger partial charge in [-0.2, -0.15) is 0 Å². The van der Waals surface area contributed by atoms with Crippen LogP contribution in [0.2, 0.25) is 0 Å². The fourth-order valence-electron chi connectivity index (χ4n) is 1.89. The van der Waals surface area contributed by atoms with Crippen molar-refractivity contribution in [2.45, 2.75) is 38.6 Å². The van der Waals surface area contributed by atoms with Crippen molar-refractivity contribution < 1.29 is 14.7 Å². The van der Waals surface area contributed by atoms with E-state index < -0.39 is 11.5 Å². The van der Waals surface area contributed by atoms with Gasteiger partial charge in [0, 0.05) is 5.92 Å². The third-order valence-corrected chi connectivity index (χ3v) is 2.95. The maximum atomic E-state index is 11.8. The highest BCUT2D eigenvalue weighted by molar-refractivity contribution is 5.81. The highest BCUT2D eigenvalue weighted by atomic mass is 16.4. The van der Waals surface area contributed by atoms with Gasteiger partial charge in [0.1, 0.15) is 0 Å². The van der Waals surface area contributed by atoms with E-state index in [0.29, 0.717) is 19.3 Å². The van der Waals surface area contributed by atoms with Crippen LogP contribution in [0, 0.1) is 24.2 Å². The molecule has 1 fully saturated rings.